The molecule has 3 rings (SSSR count). The third-order valence-corrected chi connectivity index (χ3v) is 3.68. The van der Waals surface area contributed by atoms with Crippen molar-refractivity contribution in [2.75, 3.05) is 6.61 Å². The minimum atomic E-state index is -1.14. The van der Waals surface area contributed by atoms with E-state index in [0.717, 1.165) is 10.8 Å². The molecule has 1 saturated heterocycles. The molecule has 2 aromatic rings. The Morgan fingerprint density at radius 1 is 1.10 bits per heavy atom. The third-order valence-electron chi connectivity index (χ3n) is 3.68. The van der Waals surface area contributed by atoms with Gasteiger partial charge < -0.3 is 24.8 Å². The Morgan fingerprint density at radius 3 is 2.62 bits per heavy atom. The Labute approximate surface area is 122 Å². The SMILES string of the molecule is OC[C@H]1C[C@@H](O)[C@@H](O)[C@H](Oc2ccc3ccccc3c2)O1. The van der Waals surface area contributed by atoms with Crippen molar-refractivity contribution >= 4 is 10.8 Å². The van der Waals surface area contributed by atoms with Gasteiger partial charge in [0, 0.05) is 6.42 Å². The van der Waals surface area contributed by atoms with Gasteiger partial charge in [0.05, 0.1) is 18.8 Å². The van der Waals surface area contributed by atoms with Crippen LogP contribution in [-0.4, -0.2) is 46.5 Å². The first-order valence-corrected chi connectivity index (χ1v) is 6.95. The van der Waals surface area contributed by atoms with E-state index in [-0.39, 0.29) is 13.0 Å². The van der Waals surface area contributed by atoms with Crippen molar-refractivity contribution in [2.45, 2.75) is 31.0 Å². The van der Waals surface area contributed by atoms with E-state index in [1.807, 2.05) is 36.4 Å². The molecule has 21 heavy (non-hydrogen) atoms. The predicted octanol–water partition coefficient (Wildman–Crippen LogP) is 1.05. The molecule has 3 N–H and O–H groups in total. The van der Waals surface area contributed by atoms with Crippen LogP contribution in [0.3, 0.4) is 0 Å². The van der Waals surface area contributed by atoms with Crippen LogP contribution >= 0.6 is 0 Å². The molecular formula is C16H18O5. The van der Waals surface area contributed by atoms with Crippen LogP contribution in [0, 0.1) is 0 Å². The van der Waals surface area contributed by atoms with E-state index in [1.54, 1.807) is 6.07 Å². The number of aliphatic hydroxyl groups is 3. The summed E-state index contributed by atoms with van der Waals surface area (Å²) in [6.07, 6.45) is -3.45. The maximum atomic E-state index is 9.94. The highest BCUT2D eigenvalue weighted by Crippen LogP contribution is 2.26. The van der Waals surface area contributed by atoms with E-state index in [1.165, 1.54) is 0 Å². The summed E-state index contributed by atoms with van der Waals surface area (Å²) in [6.45, 7) is -0.221. The van der Waals surface area contributed by atoms with Gasteiger partial charge in [-0.1, -0.05) is 30.3 Å². The van der Waals surface area contributed by atoms with Crippen LogP contribution in [-0.2, 0) is 4.74 Å². The van der Waals surface area contributed by atoms with Crippen LogP contribution in [0.15, 0.2) is 42.5 Å². The number of ether oxygens (including phenoxy) is 2. The van der Waals surface area contributed by atoms with Crippen LogP contribution in [0.5, 0.6) is 5.75 Å². The molecule has 1 fully saturated rings. The molecule has 0 bridgehead atoms. The van der Waals surface area contributed by atoms with Crippen molar-refractivity contribution in [1.29, 1.82) is 0 Å². The summed E-state index contributed by atoms with van der Waals surface area (Å²) in [6, 6.07) is 13.4. The predicted molar refractivity (Wildman–Crippen MR) is 77.0 cm³/mol. The van der Waals surface area contributed by atoms with Gasteiger partial charge in [0.2, 0.25) is 6.29 Å². The summed E-state index contributed by atoms with van der Waals surface area (Å²) in [5.74, 6) is 0.545. The highest BCUT2D eigenvalue weighted by molar-refractivity contribution is 5.83. The summed E-state index contributed by atoms with van der Waals surface area (Å²) in [4.78, 5) is 0. The van der Waals surface area contributed by atoms with Crippen LogP contribution < -0.4 is 4.74 Å². The topological polar surface area (TPSA) is 79.2 Å². The second-order valence-corrected chi connectivity index (χ2v) is 5.23. The van der Waals surface area contributed by atoms with E-state index >= 15 is 0 Å². The van der Waals surface area contributed by atoms with Gasteiger partial charge in [-0.25, -0.2) is 0 Å². The highest BCUT2D eigenvalue weighted by Gasteiger charge is 2.38. The van der Waals surface area contributed by atoms with Crippen molar-refractivity contribution in [3.8, 4) is 5.75 Å². The van der Waals surface area contributed by atoms with E-state index in [9.17, 15) is 10.2 Å². The van der Waals surface area contributed by atoms with Crippen molar-refractivity contribution in [3.63, 3.8) is 0 Å². The highest BCUT2D eigenvalue weighted by atomic mass is 16.7. The number of benzene rings is 2. The molecule has 0 unspecified atom stereocenters. The zero-order valence-electron chi connectivity index (χ0n) is 11.4. The monoisotopic (exact) mass is 290 g/mol. The Morgan fingerprint density at radius 2 is 1.86 bits per heavy atom. The smallest absolute Gasteiger partial charge is 0.229 e. The number of fused-ring (bicyclic) bond motifs is 1. The van der Waals surface area contributed by atoms with Crippen LogP contribution in [0.2, 0.25) is 0 Å². The average molecular weight is 290 g/mol. The quantitative estimate of drug-likeness (QED) is 0.787. The largest absolute Gasteiger partial charge is 0.462 e. The molecule has 0 aromatic heterocycles. The maximum absolute atomic E-state index is 9.94. The number of rotatable bonds is 3. The first-order valence-electron chi connectivity index (χ1n) is 6.95. The molecule has 0 radical (unpaired) electrons. The van der Waals surface area contributed by atoms with Gasteiger partial charge in [-0.3, -0.25) is 0 Å². The Kier molecular flexibility index (Phi) is 4.07. The summed E-state index contributed by atoms with van der Waals surface area (Å²) in [7, 11) is 0. The second kappa shape index (κ2) is 5.99. The van der Waals surface area contributed by atoms with Crippen molar-refractivity contribution in [1.82, 2.24) is 0 Å². The Bertz CT molecular complexity index is 614. The summed E-state index contributed by atoms with van der Waals surface area (Å²) in [5.41, 5.74) is 0. The van der Waals surface area contributed by atoms with Gasteiger partial charge in [-0.2, -0.15) is 0 Å². The fraction of sp³-hybridized carbons (Fsp3) is 0.375. The van der Waals surface area contributed by atoms with Gasteiger partial charge in [-0.15, -0.1) is 0 Å². The first-order chi connectivity index (χ1) is 10.2. The molecule has 0 spiro atoms. The maximum Gasteiger partial charge on any atom is 0.229 e. The minimum Gasteiger partial charge on any atom is -0.462 e. The number of hydrogen-bond acceptors (Lipinski definition) is 5. The molecule has 1 heterocycles. The van der Waals surface area contributed by atoms with Crippen LogP contribution in [0.1, 0.15) is 6.42 Å². The third kappa shape index (κ3) is 3.01. The molecule has 0 amide bonds. The van der Waals surface area contributed by atoms with Gasteiger partial charge in [-0.05, 0) is 22.9 Å². The normalized spacial score (nSPS) is 29.5. The summed E-state index contributed by atoms with van der Waals surface area (Å²) >= 11 is 0. The fourth-order valence-corrected chi connectivity index (χ4v) is 2.51. The molecule has 1 aliphatic heterocycles. The van der Waals surface area contributed by atoms with Gasteiger partial charge in [0.25, 0.3) is 0 Å². The van der Waals surface area contributed by atoms with E-state index in [0.29, 0.717) is 5.75 Å². The summed E-state index contributed by atoms with van der Waals surface area (Å²) in [5, 5.41) is 31.0. The molecule has 5 heteroatoms. The zero-order chi connectivity index (χ0) is 14.8. The standard InChI is InChI=1S/C16H18O5/c17-9-13-8-14(18)15(19)16(21-13)20-12-6-5-10-3-1-2-4-11(10)7-12/h1-7,13-19H,8-9H2/t13-,14-,15-,16-/m1/s1. The molecule has 1 aliphatic rings. The lowest BCUT2D eigenvalue weighted by atomic mass is 10.0. The Balaban J connectivity index is 1.79. The fourth-order valence-electron chi connectivity index (χ4n) is 2.51. The van der Waals surface area contributed by atoms with Crippen LogP contribution in [0.4, 0.5) is 0 Å². The molecule has 5 nitrogen and oxygen atoms in total. The average Bonchev–Trinajstić information content (AvgIpc) is 2.51. The summed E-state index contributed by atoms with van der Waals surface area (Å²) < 4.78 is 11.1. The lowest BCUT2D eigenvalue weighted by Gasteiger charge is -2.36. The van der Waals surface area contributed by atoms with E-state index in [2.05, 4.69) is 0 Å². The van der Waals surface area contributed by atoms with E-state index in [4.69, 9.17) is 14.6 Å². The molecular weight excluding hydrogens is 272 g/mol. The first kappa shape index (κ1) is 14.3. The molecule has 0 aliphatic carbocycles. The lowest BCUT2D eigenvalue weighted by Crippen LogP contribution is -2.51. The number of aliphatic hydroxyl groups excluding tert-OH is 3. The molecule has 4 atom stereocenters. The zero-order valence-corrected chi connectivity index (χ0v) is 11.4. The molecule has 0 saturated carbocycles. The number of hydrogen-bond donors (Lipinski definition) is 3. The molecule has 2 aromatic carbocycles. The van der Waals surface area contributed by atoms with Gasteiger partial charge >= 0.3 is 0 Å². The second-order valence-electron chi connectivity index (χ2n) is 5.23. The van der Waals surface area contributed by atoms with Gasteiger partial charge in [0.1, 0.15) is 11.9 Å². The van der Waals surface area contributed by atoms with E-state index < -0.39 is 24.6 Å². The van der Waals surface area contributed by atoms with Crippen molar-refractivity contribution in [2.24, 2.45) is 0 Å². The lowest BCUT2D eigenvalue weighted by molar-refractivity contribution is -0.240. The van der Waals surface area contributed by atoms with Crippen LogP contribution in [0.25, 0.3) is 10.8 Å². The molecule has 112 valence electrons. The van der Waals surface area contributed by atoms with Crippen molar-refractivity contribution in [3.05, 3.63) is 42.5 Å². The minimum absolute atomic E-state index is 0.190. The Hall–Kier alpha value is -1.66. The van der Waals surface area contributed by atoms with Crippen molar-refractivity contribution < 1.29 is 24.8 Å². The van der Waals surface area contributed by atoms with Gasteiger partial charge in [0.15, 0.2) is 0 Å².